The lowest BCUT2D eigenvalue weighted by atomic mass is 10.2. The minimum Gasteiger partial charge on any atom is -0.366 e. The molecule has 1 aliphatic rings. The molecule has 0 aliphatic carbocycles. The van der Waals surface area contributed by atoms with Gasteiger partial charge in [0.15, 0.2) is 5.16 Å². The third-order valence-electron chi connectivity index (χ3n) is 2.23. The second kappa shape index (κ2) is 4.61. The Morgan fingerprint density at radius 1 is 1.64 bits per heavy atom. The van der Waals surface area contributed by atoms with Gasteiger partial charge in [0, 0.05) is 18.8 Å². The molecule has 0 radical (unpaired) electrons. The highest BCUT2D eigenvalue weighted by Crippen LogP contribution is 2.12. The highest BCUT2D eigenvalue weighted by atomic mass is 32.2. The van der Waals surface area contributed by atoms with Gasteiger partial charge in [-0.1, -0.05) is 11.8 Å². The number of nitrogens with one attached hydrogen (secondary N) is 2. The molecule has 1 fully saturated rings. The van der Waals surface area contributed by atoms with Crippen LogP contribution >= 0.6 is 11.8 Å². The molecule has 2 rings (SSSR count). The van der Waals surface area contributed by atoms with E-state index in [4.69, 9.17) is 0 Å². The van der Waals surface area contributed by atoms with Gasteiger partial charge in [0.1, 0.15) is 5.82 Å². The van der Waals surface area contributed by atoms with Crippen molar-refractivity contribution in [3.05, 3.63) is 12.3 Å². The average Bonchev–Trinajstić information content (AvgIpc) is 2.71. The molecule has 0 spiro atoms. The Morgan fingerprint density at radius 3 is 3.29 bits per heavy atom. The molecule has 2 N–H and O–H groups in total. The molecule has 4 nitrogen and oxygen atoms in total. The number of anilines is 1. The van der Waals surface area contributed by atoms with E-state index in [0.29, 0.717) is 6.04 Å². The highest BCUT2D eigenvalue weighted by Gasteiger charge is 2.14. The van der Waals surface area contributed by atoms with Gasteiger partial charge in [-0.25, -0.2) is 9.97 Å². The molecule has 0 amide bonds. The number of thioether (sulfide) groups is 1. The zero-order valence-electron chi connectivity index (χ0n) is 8.16. The van der Waals surface area contributed by atoms with Crippen LogP contribution in [0.15, 0.2) is 17.4 Å². The van der Waals surface area contributed by atoms with Crippen LogP contribution in [0.2, 0.25) is 0 Å². The van der Waals surface area contributed by atoms with E-state index in [1.807, 2.05) is 12.3 Å². The molecule has 2 heterocycles. The van der Waals surface area contributed by atoms with Gasteiger partial charge in [0.2, 0.25) is 0 Å². The molecule has 14 heavy (non-hydrogen) atoms. The van der Waals surface area contributed by atoms with Gasteiger partial charge in [-0.15, -0.1) is 0 Å². The van der Waals surface area contributed by atoms with Gasteiger partial charge in [-0.3, -0.25) is 0 Å². The summed E-state index contributed by atoms with van der Waals surface area (Å²) in [6.45, 7) is 2.12. The van der Waals surface area contributed by atoms with Crippen LogP contribution in [-0.4, -0.2) is 35.4 Å². The monoisotopic (exact) mass is 210 g/mol. The lowest BCUT2D eigenvalue weighted by Crippen LogP contribution is -2.22. The summed E-state index contributed by atoms with van der Waals surface area (Å²) in [5.74, 6) is 0.929. The van der Waals surface area contributed by atoms with E-state index in [-0.39, 0.29) is 0 Å². The number of hydrogen-bond acceptors (Lipinski definition) is 5. The largest absolute Gasteiger partial charge is 0.366 e. The summed E-state index contributed by atoms with van der Waals surface area (Å²) < 4.78 is 0. The summed E-state index contributed by atoms with van der Waals surface area (Å²) in [6.07, 6.45) is 4.94. The van der Waals surface area contributed by atoms with E-state index < -0.39 is 0 Å². The predicted octanol–water partition coefficient (Wildman–Crippen LogP) is 0.972. The van der Waals surface area contributed by atoms with Crippen molar-refractivity contribution < 1.29 is 0 Å². The average molecular weight is 210 g/mol. The first kappa shape index (κ1) is 9.73. The Morgan fingerprint density at radius 2 is 2.57 bits per heavy atom. The fraction of sp³-hybridized carbons (Fsp3) is 0.556. The standard InChI is InChI=1S/C9H14N4S/c1-14-9-11-5-3-8(13-9)12-7-2-4-10-6-7/h3,5,7,10H,2,4,6H2,1H3,(H,11,12,13). The van der Waals surface area contributed by atoms with Gasteiger partial charge in [-0.05, 0) is 25.3 Å². The zero-order chi connectivity index (χ0) is 9.80. The van der Waals surface area contributed by atoms with E-state index in [0.717, 1.165) is 24.1 Å². The van der Waals surface area contributed by atoms with E-state index in [9.17, 15) is 0 Å². The van der Waals surface area contributed by atoms with Crippen molar-refractivity contribution in [3.63, 3.8) is 0 Å². The molecule has 0 saturated carbocycles. The lowest BCUT2D eigenvalue weighted by Gasteiger charge is -2.11. The molecule has 76 valence electrons. The third kappa shape index (κ3) is 2.36. The van der Waals surface area contributed by atoms with E-state index in [1.165, 1.54) is 6.42 Å². The van der Waals surface area contributed by atoms with Crippen LogP contribution in [0.3, 0.4) is 0 Å². The van der Waals surface area contributed by atoms with E-state index >= 15 is 0 Å². The summed E-state index contributed by atoms with van der Waals surface area (Å²) in [5, 5.41) is 7.52. The smallest absolute Gasteiger partial charge is 0.189 e. The van der Waals surface area contributed by atoms with Gasteiger partial charge >= 0.3 is 0 Å². The van der Waals surface area contributed by atoms with Gasteiger partial charge in [0.25, 0.3) is 0 Å². The second-order valence-electron chi connectivity index (χ2n) is 3.26. The first-order valence-electron chi connectivity index (χ1n) is 4.73. The SMILES string of the molecule is CSc1nccc(NC2CCNC2)n1. The first-order chi connectivity index (χ1) is 6.88. The first-order valence-corrected chi connectivity index (χ1v) is 5.95. The van der Waals surface area contributed by atoms with E-state index in [2.05, 4.69) is 20.6 Å². The maximum atomic E-state index is 4.37. The molecule has 0 bridgehead atoms. The minimum atomic E-state index is 0.514. The Labute approximate surface area is 87.9 Å². The van der Waals surface area contributed by atoms with Gasteiger partial charge in [0.05, 0.1) is 0 Å². The number of rotatable bonds is 3. The molecule has 1 aromatic rings. The molecular formula is C9H14N4S. The predicted molar refractivity (Wildman–Crippen MR) is 58.7 cm³/mol. The normalized spacial score (nSPS) is 21.1. The summed E-state index contributed by atoms with van der Waals surface area (Å²) in [6, 6.07) is 2.43. The number of hydrogen-bond donors (Lipinski definition) is 2. The van der Waals surface area contributed by atoms with Crippen LogP contribution in [0, 0.1) is 0 Å². The molecule has 1 aromatic heterocycles. The lowest BCUT2D eigenvalue weighted by molar-refractivity contribution is 0.781. The Kier molecular flexibility index (Phi) is 3.21. The van der Waals surface area contributed by atoms with Crippen LogP contribution in [0.4, 0.5) is 5.82 Å². The third-order valence-corrected chi connectivity index (χ3v) is 2.79. The second-order valence-corrected chi connectivity index (χ2v) is 4.04. The molecule has 1 atom stereocenters. The van der Waals surface area contributed by atoms with Crippen molar-refractivity contribution in [2.24, 2.45) is 0 Å². The molecule has 5 heteroatoms. The van der Waals surface area contributed by atoms with Crippen LogP contribution in [0.1, 0.15) is 6.42 Å². The maximum Gasteiger partial charge on any atom is 0.189 e. The van der Waals surface area contributed by atoms with Crippen LogP contribution in [0.5, 0.6) is 0 Å². The van der Waals surface area contributed by atoms with Gasteiger partial charge in [-0.2, -0.15) is 0 Å². The number of aromatic nitrogens is 2. The fourth-order valence-corrected chi connectivity index (χ4v) is 1.86. The van der Waals surface area contributed by atoms with Crippen molar-refractivity contribution in [1.29, 1.82) is 0 Å². The van der Waals surface area contributed by atoms with Crippen molar-refractivity contribution in [1.82, 2.24) is 15.3 Å². The number of nitrogens with zero attached hydrogens (tertiary/aromatic N) is 2. The minimum absolute atomic E-state index is 0.514. The van der Waals surface area contributed by atoms with E-state index in [1.54, 1.807) is 18.0 Å². The van der Waals surface area contributed by atoms with Crippen LogP contribution < -0.4 is 10.6 Å². The molecule has 1 aliphatic heterocycles. The molecular weight excluding hydrogens is 196 g/mol. The summed E-state index contributed by atoms with van der Waals surface area (Å²) in [4.78, 5) is 8.50. The Hall–Kier alpha value is -0.810. The van der Waals surface area contributed by atoms with Gasteiger partial charge < -0.3 is 10.6 Å². The summed E-state index contributed by atoms with van der Waals surface area (Å²) in [5.41, 5.74) is 0. The summed E-state index contributed by atoms with van der Waals surface area (Å²) >= 11 is 1.56. The van der Waals surface area contributed by atoms with Crippen LogP contribution in [0.25, 0.3) is 0 Å². The molecule has 0 aromatic carbocycles. The topological polar surface area (TPSA) is 49.8 Å². The Bertz CT molecular complexity index is 299. The molecule has 1 saturated heterocycles. The molecule has 1 unspecified atom stereocenters. The van der Waals surface area contributed by atoms with Crippen LogP contribution in [-0.2, 0) is 0 Å². The quantitative estimate of drug-likeness (QED) is 0.575. The maximum absolute atomic E-state index is 4.37. The fourth-order valence-electron chi connectivity index (χ4n) is 1.51. The summed E-state index contributed by atoms with van der Waals surface area (Å²) in [7, 11) is 0. The van der Waals surface area contributed by atoms with Crippen molar-refractivity contribution >= 4 is 17.6 Å². The van der Waals surface area contributed by atoms with Crippen molar-refractivity contribution in [3.8, 4) is 0 Å². The zero-order valence-corrected chi connectivity index (χ0v) is 8.97. The Balaban J connectivity index is 2.00. The van der Waals surface area contributed by atoms with Crippen molar-refractivity contribution in [2.75, 3.05) is 24.7 Å². The van der Waals surface area contributed by atoms with Crippen molar-refractivity contribution in [2.45, 2.75) is 17.6 Å². The highest BCUT2D eigenvalue weighted by molar-refractivity contribution is 7.98.